The van der Waals surface area contributed by atoms with Gasteiger partial charge in [0.05, 0.1) is 5.69 Å². The van der Waals surface area contributed by atoms with Crippen molar-refractivity contribution >= 4 is 34.7 Å². The Kier molecular flexibility index (Phi) is 3.87. The molecule has 0 fully saturated rings. The lowest BCUT2D eigenvalue weighted by molar-refractivity contribution is -0.0418. The zero-order chi connectivity index (χ0) is 15.9. The summed E-state index contributed by atoms with van der Waals surface area (Å²) in [5, 5.41) is 13.6. The maximum Gasteiger partial charge on any atom is 0.209 e. The van der Waals surface area contributed by atoms with Crippen LogP contribution in [0.1, 0.15) is 24.5 Å². The van der Waals surface area contributed by atoms with Crippen LogP contribution in [0.5, 0.6) is 0 Å². The zero-order valence-electron chi connectivity index (χ0n) is 11.9. The number of nitrogens with zero attached hydrogens (tertiary/aromatic N) is 2. The molecule has 0 saturated heterocycles. The predicted molar refractivity (Wildman–Crippen MR) is 89.3 cm³/mol. The van der Waals surface area contributed by atoms with E-state index in [1.54, 1.807) is 42.5 Å². The van der Waals surface area contributed by atoms with Crippen molar-refractivity contribution in [3.8, 4) is 0 Å². The maximum atomic E-state index is 11.4. The van der Waals surface area contributed by atoms with Crippen LogP contribution in [-0.4, -0.2) is 16.0 Å². The minimum absolute atomic E-state index is 0.420. The van der Waals surface area contributed by atoms with Gasteiger partial charge in [0, 0.05) is 27.6 Å². The molecule has 1 atom stereocenters. The molecule has 0 spiro atoms. The second kappa shape index (κ2) is 5.56. The largest absolute Gasteiger partial charge is 0.362 e. The average molecular weight is 336 g/mol. The van der Waals surface area contributed by atoms with E-state index < -0.39 is 5.72 Å². The third kappa shape index (κ3) is 2.20. The lowest BCUT2D eigenvalue weighted by atomic mass is 9.90. The fraction of sp³-hybridized carbons (Fsp3) is 0.188. The van der Waals surface area contributed by atoms with Gasteiger partial charge in [-0.1, -0.05) is 48.3 Å². The lowest BCUT2D eigenvalue weighted by Crippen LogP contribution is -2.56. The molecule has 3 N–H and O–H groups in total. The van der Waals surface area contributed by atoms with Crippen LogP contribution in [0.4, 0.5) is 5.69 Å². The Balaban J connectivity index is 2.33. The van der Waals surface area contributed by atoms with Crippen molar-refractivity contribution in [1.29, 1.82) is 0 Å². The standard InChI is InChI=1S/C16H15Cl2N3O/c1-2-15-20-14-8-7-10(17)9-12(14)16(22,21(15)19)11-5-3-4-6-13(11)18/h3-9,22H,2,19H2,1H3. The van der Waals surface area contributed by atoms with Gasteiger partial charge in [0.1, 0.15) is 5.84 Å². The first-order chi connectivity index (χ1) is 10.5. The summed E-state index contributed by atoms with van der Waals surface area (Å²) in [6.07, 6.45) is 0.575. The highest BCUT2D eigenvalue weighted by atomic mass is 35.5. The maximum absolute atomic E-state index is 11.4. The number of aliphatic hydroxyl groups is 1. The van der Waals surface area contributed by atoms with E-state index in [2.05, 4.69) is 4.99 Å². The van der Waals surface area contributed by atoms with Crippen LogP contribution in [0.25, 0.3) is 0 Å². The van der Waals surface area contributed by atoms with E-state index >= 15 is 0 Å². The topological polar surface area (TPSA) is 61.9 Å². The molecule has 0 aliphatic carbocycles. The Hall–Kier alpha value is -1.59. The second-order valence-corrected chi connectivity index (χ2v) is 5.91. The van der Waals surface area contributed by atoms with Gasteiger partial charge in [-0.15, -0.1) is 0 Å². The van der Waals surface area contributed by atoms with Gasteiger partial charge in [-0.2, -0.15) is 0 Å². The van der Waals surface area contributed by atoms with E-state index in [4.69, 9.17) is 29.0 Å². The fourth-order valence-corrected chi connectivity index (χ4v) is 3.10. The quantitative estimate of drug-likeness (QED) is 0.820. The number of rotatable bonds is 2. The van der Waals surface area contributed by atoms with Crippen molar-refractivity contribution in [1.82, 2.24) is 5.01 Å². The van der Waals surface area contributed by atoms with E-state index in [0.29, 0.717) is 39.1 Å². The Labute approximate surface area is 138 Å². The second-order valence-electron chi connectivity index (χ2n) is 5.07. The van der Waals surface area contributed by atoms with Crippen LogP contribution in [0.2, 0.25) is 10.0 Å². The Morgan fingerprint density at radius 1 is 1.18 bits per heavy atom. The minimum Gasteiger partial charge on any atom is -0.362 e. The van der Waals surface area contributed by atoms with Crippen molar-refractivity contribution in [2.75, 3.05) is 0 Å². The molecule has 0 saturated carbocycles. The van der Waals surface area contributed by atoms with Crippen molar-refractivity contribution in [2.24, 2.45) is 10.8 Å². The van der Waals surface area contributed by atoms with Gasteiger partial charge in [0.15, 0.2) is 0 Å². The number of nitrogens with two attached hydrogens (primary N) is 1. The monoisotopic (exact) mass is 335 g/mol. The molecule has 6 heteroatoms. The van der Waals surface area contributed by atoms with Crippen LogP contribution < -0.4 is 5.84 Å². The third-order valence-corrected chi connectivity index (χ3v) is 4.34. The van der Waals surface area contributed by atoms with E-state index in [9.17, 15) is 5.11 Å². The summed E-state index contributed by atoms with van der Waals surface area (Å²) in [5.41, 5.74) is 0.00720. The summed E-state index contributed by atoms with van der Waals surface area (Å²) in [6, 6.07) is 12.2. The predicted octanol–water partition coefficient (Wildman–Crippen LogP) is 3.82. The summed E-state index contributed by atoms with van der Waals surface area (Å²) >= 11 is 12.4. The number of aliphatic imine (C=N–C) groups is 1. The van der Waals surface area contributed by atoms with Crippen LogP contribution in [0.3, 0.4) is 0 Å². The summed E-state index contributed by atoms with van der Waals surface area (Å²) < 4.78 is 0. The first kappa shape index (κ1) is 15.3. The van der Waals surface area contributed by atoms with E-state index in [1.165, 1.54) is 5.01 Å². The lowest BCUT2D eigenvalue weighted by Gasteiger charge is -2.42. The van der Waals surface area contributed by atoms with E-state index in [1.807, 2.05) is 6.92 Å². The molecule has 1 unspecified atom stereocenters. The molecule has 0 bridgehead atoms. The molecule has 2 aromatic carbocycles. The molecule has 3 rings (SSSR count). The van der Waals surface area contributed by atoms with Crippen LogP contribution in [0, 0.1) is 0 Å². The van der Waals surface area contributed by atoms with Gasteiger partial charge in [0.2, 0.25) is 5.72 Å². The van der Waals surface area contributed by atoms with Crippen LogP contribution in [0.15, 0.2) is 47.5 Å². The van der Waals surface area contributed by atoms with Crippen molar-refractivity contribution in [2.45, 2.75) is 19.1 Å². The van der Waals surface area contributed by atoms with Gasteiger partial charge in [0.25, 0.3) is 0 Å². The molecule has 0 aromatic heterocycles. The molecular formula is C16H15Cl2N3O. The summed E-state index contributed by atoms with van der Waals surface area (Å²) in [6.45, 7) is 1.92. The molecule has 2 aromatic rings. The highest BCUT2D eigenvalue weighted by Crippen LogP contribution is 2.44. The number of amidine groups is 1. The highest BCUT2D eigenvalue weighted by molar-refractivity contribution is 6.31. The molecule has 1 aliphatic heterocycles. The molecule has 114 valence electrons. The van der Waals surface area contributed by atoms with Gasteiger partial charge in [-0.05, 0) is 24.3 Å². The number of benzene rings is 2. The smallest absolute Gasteiger partial charge is 0.209 e. The van der Waals surface area contributed by atoms with Crippen molar-refractivity contribution < 1.29 is 5.11 Å². The van der Waals surface area contributed by atoms with E-state index in [-0.39, 0.29) is 0 Å². The minimum atomic E-state index is -1.62. The molecule has 1 aliphatic rings. The normalized spacial score (nSPS) is 20.6. The third-order valence-electron chi connectivity index (χ3n) is 3.78. The number of fused-ring (bicyclic) bond motifs is 1. The van der Waals surface area contributed by atoms with E-state index in [0.717, 1.165) is 0 Å². The summed E-state index contributed by atoms with van der Waals surface area (Å²) in [7, 11) is 0. The molecule has 1 heterocycles. The van der Waals surface area contributed by atoms with Crippen LogP contribution >= 0.6 is 23.2 Å². The van der Waals surface area contributed by atoms with Crippen molar-refractivity contribution in [3.63, 3.8) is 0 Å². The molecular weight excluding hydrogens is 321 g/mol. The molecule has 0 amide bonds. The number of halogens is 2. The fourth-order valence-electron chi connectivity index (χ4n) is 2.66. The van der Waals surface area contributed by atoms with Crippen molar-refractivity contribution in [3.05, 3.63) is 63.6 Å². The Bertz CT molecular complexity index is 763. The Morgan fingerprint density at radius 2 is 1.91 bits per heavy atom. The number of hydrogen-bond acceptors (Lipinski definition) is 4. The van der Waals surface area contributed by atoms with Gasteiger partial charge >= 0.3 is 0 Å². The molecule has 0 radical (unpaired) electrons. The summed E-state index contributed by atoms with van der Waals surface area (Å²) in [5.74, 6) is 6.75. The molecule has 22 heavy (non-hydrogen) atoms. The average Bonchev–Trinajstić information content (AvgIpc) is 2.52. The van der Waals surface area contributed by atoms with Gasteiger partial charge in [-0.3, -0.25) is 5.01 Å². The molecule has 4 nitrogen and oxygen atoms in total. The highest BCUT2D eigenvalue weighted by Gasteiger charge is 2.44. The SMILES string of the molecule is CCC1=Nc2ccc(Cl)cc2C(O)(c2ccccc2Cl)N1N. The zero-order valence-corrected chi connectivity index (χ0v) is 13.4. The summed E-state index contributed by atoms with van der Waals surface area (Å²) in [4.78, 5) is 4.49. The first-order valence-electron chi connectivity index (χ1n) is 6.88. The van der Waals surface area contributed by atoms with Gasteiger partial charge in [-0.25, -0.2) is 10.8 Å². The van der Waals surface area contributed by atoms with Gasteiger partial charge < -0.3 is 5.11 Å². The number of hydrogen-bond donors (Lipinski definition) is 2. The Morgan fingerprint density at radius 3 is 2.59 bits per heavy atom. The first-order valence-corrected chi connectivity index (χ1v) is 7.64. The van der Waals surface area contributed by atoms with Crippen LogP contribution in [-0.2, 0) is 5.72 Å². The number of hydrazine groups is 1.